The van der Waals surface area contributed by atoms with E-state index in [9.17, 15) is 4.79 Å². The van der Waals surface area contributed by atoms with Crippen LogP contribution in [0, 0.1) is 0 Å². The average Bonchev–Trinajstić information content (AvgIpc) is 2.59. The van der Waals surface area contributed by atoms with Crippen molar-refractivity contribution < 1.29 is 14.3 Å². The normalized spacial score (nSPS) is 12.4. The van der Waals surface area contributed by atoms with Crippen molar-refractivity contribution in [1.82, 2.24) is 5.32 Å². The first-order valence-corrected chi connectivity index (χ1v) is 9.36. The van der Waals surface area contributed by atoms with Gasteiger partial charge in [-0.05, 0) is 63.7 Å². The molecule has 26 heavy (non-hydrogen) atoms. The van der Waals surface area contributed by atoms with Gasteiger partial charge in [0.25, 0.3) is 5.91 Å². The van der Waals surface area contributed by atoms with Gasteiger partial charge in [-0.1, -0.05) is 39.0 Å². The van der Waals surface area contributed by atoms with Crippen molar-refractivity contribution in [2.24, 2.45) is 0 Å². The van der Waals surface area contributed by atoms with E-state index in [0.717, 1.165) is 15.8 Å². The first-order chi connectivity index (χ1) is 12.2. The largest absolute Gasteiger partial charge is 0.497 e. The Kier molecular flexibility index (Phi) is 6.70. The third kappa shape index (κ3) is 5.49. The smallest absolute Gasteiger partial charge is 0.258 e. The van der Waals surface area contributed by atoms with Crippen LogP contribution in [0.1, 0.15) is 44.9 Å². The molecule has 140 valence electrons. The summed E-state index contributed by atoms with van der Waals surface area (Å²) in [6.07, 6.45) is 0. The zero-order valence-corrected chi connectivity index (χ0v) is 17.5. The van der Waals surface area contributed by atoms with Crippen LogP contribution in [0.5, 0.6) is 11.5 Å². The van der Waals surface area contributed by atoms with Crippen LogP contribution in [0.25, 0.3) is 0 Å². The lowest BCUT2D eigenvalue weighted by atomic mass is 9.87. The molecule has 0 aliphatic rings. The lowest BCUT2D eigenvalue weighted by Crippen LogP contribution is -2.31. The molecule has 0 bridgehead atoms. The zero-order valence-electron chi connectivity index (χ0n) is 15.9. The Balaban J connectivity index is 1.91. The van der Waals surface area contributed by atoms with Crippen molar-refractivity contribution in [2.45, 2.75) is 39.2 Å². The molecule has 0 aliphatic heterocycles. The van der Waals surface area contributed by atoms with E-state index in [0.29, 0.717) is 5.75 Å². The first kappa shape index (κ1) is 20.3. The molecule has 2 rings (SSSR count). The highest BCUT2D eigenvalue weighted by atomic mass is 79.9. The number of hydrogen-bond donors (Lipinski definition) is 1. The summed E-state index contributed by atoms with van der Waals surface area (Å²) in [5, 5.41) is 2.94. The van der Waals surface area contributed by atoms with Gasteiger partial charge in [-0.15, -0.1) is 0 Å². The maximum Gasteiger partial charge on any atom is 0.258 e. The summed E-state index contributed by atoms with van der Waals surface area (Å²) in [7, 11) is 1.63. The molecule has 5 heteroatoms. The van der Waals surface area contributed by atoms with Gasteiger partial charge in [0, 0.05) is 0 Å². The molecule has 0 aliphatic carbocycles. The fourth-order valence-electron chi connectivity index (χ4n) is 2.49. The van der Waals surface area contributed by atoms with E-state index in [1.165, 1.54) is 5.56 Å². The summed E-state index contributed by atoms with van der Waals surface area (Å²) < 4.78 is 11.7. The summed E-state index contributed by atoms with van der Waals surface area (Å²) in [5.74, 6) is 1.28. The molecule has 1 atom stereocenters. The Hall–Kier alpha value is -2.01. The molecule has 2 aromatic rings. The second-order valence-corrected chi connectivity index (χ2v) is 8.10. The fourth-order valence-corrected chi connectivity index (χ4v) is 2.98. The molecular weight excluding hydrogens is 394 g/mol. The Morgan fingerprint density at radius 1 is 1.15 bits per heavy atom. The number of methoxy groups -OCH3 is 1. The van der Waals surface area contributed by atoms with Gasteiger partial charge in [-0.3, -0.25) is 4.79 Å². The molecule has 0 saturated heterocycles. The van der Waals surface area contributed by atoms with Crippen molar-refractivity contribution >= 4 is 21.8 Å². The molecule has 0 heterocycles. The van der Waals surface area contributed by atoms with E-state index < -0.39 is 0 Å². The van der Waals surface area contributed by atoms with E-state index >= 15 is 0 Å². The van der Waals surface area contributed by atoms with Gasteiger partial charge in [0.15, 0.2) is 6.61 Å². The number of nitrogens with one attached hydrogen (secondary N) is 1. The van der Waals surface area contributed by atoms with Crippen LogP contribution in [0.15, 0.2) is 46.9 Å². The highest BCUT2D eigenvalue weighted by molar-refractivity contribution is 9.10. The summed E-state index contributed by atoms with van der Waals surface area (Å²) >= 11 is 3.52. The molecule has 0 fully saturated rings. The summed E-state index contributed by atoms with van der Waals surface area (Å²) in [6.45, 7) is 8.37. The Bertz CT molecular complexity index is 751. The number of benzene rings is 2. The minimum Gasteiger partial charge on any atom is -0.497 e. The van der Waals surface area contributed by atoms with Gasteiger partial charge >= 0.3 is 0 Å². The number of carbonyl (C=O) groups excluding carboxylic acids is 1. The van der Waals surface area contributed by atoms with E-state index in [-0.39, 0.29) is 24.0 Å². The van der Waals surface area contributed by atoms with Crippen LogP contribution in [0.2, 0.25) is 0 Å². The summed E-state index contributed by atoms with van der Waals surface area (Å²) in [6, 6.07) is 13.5. The molecule has 4 nitrogen and oxygen atoms in total. The second-order valence-electron chi connectivity index (χ2n) is 7.25. The lowest BCUT2D eigenvalue weighted by Gasteiger charge is -2.20. The molecule has 2 aromatic carbocycles. The van der Waals surface area contributed by atoms with Crippen molar-refractivity contribution in [1.29, 1.82) is 0 Å². The van der Waals surface area contributed by atoms with Gasteiger partial charge in [-0.2, -0.15) is 0 Å². The van der Waals surface area contributed by atoms with Crippen LogP contribution in [0.4, 0.5) is 0 Å². The highest BCUT2D eigenvalue weighted by Crippen LogP contribution is 2.31. The molecule has 0 saturated carbocycles. The molecule has 0 spiro atoms. The van der Waals surface area contributed by atoms with E-state index in [4.69, 9.17) is 9.47 Å². The Morgan fingerprint density at radius 3 is 2.35 bits per heavy atom. The maximum atomic E-state index is 12.2. The number of rotatable bonds is 6. The average molecular weight is 420 g/mol. The van der Waals surface area contributed by atoms with E-state index in [1.807, 2.05) is 49.4 Å². The molecule has 0 radical (unpaired) electrons. The standard InChI is InChI=1S/C21H26BrNO3/c1-14(15-6-9-17(25-5)10-7-15)23-20(24)13-26-19-11-8-16(12-18(19)22)21(2,3)4/h6-12,14H,13H2,1-5H3,(H,23,24)/t14-/m0/s1. The SMILES string of the molecule is COc1ccc([C@H](C)NC(=O)COc2ccc(C(C)(C)C)cc2Br)cc1. The highest BCUT2D eigenvalue weighted by Gasteiger charge is 2.16. The van der Waals surface area contributed by atoms with Crippen LogP contribution in [-0.2, 0) is 10.2 Å². The topological polar surface area (TPSA) is 47.6 Å². The summed E-state index contributed by atoms with van der Waals surface area (Å²) in [4.78, 5) is 12.2. The first-order valence-electron chi connectivity index (χ1n) is 8.57. The quantitative estimate of drug-likeness (QED) is 0.715. The molecule has 1 N–H and O–H groups in total. The molecular formula is C21H26BrNO3. The molecule has 0 aromatic heterocycles. The van der Waals surface area contributed by atoms with Crippen LogP contribution >= 0.6 is 15.9 Å². The predicted molar refractivity (Wildman–Crippen MR) is 108 cm³/mol. The van der Waals surface area contributed by atoms with Gasteiger partial charge in [0.1, 0.15) is 11.5 Å². The van der Waals surface area contributed by atoms with Crippen molar-refractivity contribution in [3.8, 4) is 11.5 Å². The molecule has 0 unspecified atom stereocenters. The number of amides is 1. The third-order valence-electron chi connectivity index (χ3n) is 4.15. The Morgan fingerprint density at radius 2 is 1.81 bits per heavy atom. The third-order valence-corrected chi connectivity index (χ3v) is 4.77. The minimum atomic E-state index is -0.167. The van der Waals surface area contributed by atoms with Crippen LogP contribution < -0.4 is 14.8 Å². The lowest BCUT2D eigenvalue weighted by molar-refractivity contribution is -0.123. The number of carbonyl (C=O) groups is 1. The van der Waals surface area contributed by atoms with Gasteiger partial charge < -0.3 is 14.8 Å². The van der Waals surface area contributed by atoms with Gasteiger partial charge in [0.05, 0.1) is 17.6 Å². The minimum absolute atomic E-state index is 0.0338. The zero-order chi connectivity index (χ0) is 19.3. The van der Waals surface area contributed by atoms with Crippen molar-refractivity contribution in [2.75, 3.05) is 13.7 Å². The Labute approximate surface area is 164 Å². The number of ether oxygens (including phenoxy) is 2. The van der Waals surface area contributed by atoms with E-state index in [1.54, 1.807) is 7.11 Å². The fraction of sp³-hybridized carbons (Fsp3) is 0.381. The second kappa shape index (κ2) is 8.58. The van der Waals surface area contributed by atoms with Crippen molar-refractivity contribution in [3.05, 3.63) is 58.1 Å². The van der Waals surface area contributed by atoms with Crippen LogP contribution in [0.3, 0.4) is 0 Å². The van der Waals surface area contributed by atoms with Gasteiger partial charge in [0.2, 0.25) is 0 Å². The van der Waals surface area contributed by atoms with Crippen molar-refractivity contribution in [3.63, 3.8) is 0 Å². The monoisotopic (exact) mass is 419 g/mol. The molecule has 1 amide bonds. The van der Waals surface area contributed by atoms with E-state index in [2.05, 4.69) is 42.0 Å². The number of hydrogen-bond acceptors (Lipinski definition) is 3. The summed E-state index contributed by atoms with van der Waals surface area (Å²) in [5.41, 5.74) is 2.27. The van der Waals surface area contributed by atoms with Crippen LogP contribution in [-0.4, -0.2) is 19.6 Å². The predicted octanol–water partition coefficient (Wildman–Crippen LogP) is 5.01. The number of halogens is 1. The maximum absolute atomic E-state index is 12.2. The van der Waals surface area contributed by atoms with Gasteiger partial charge in [-0.25, -0.2) is 0 Å².